The summed E-state index contributed by atoms with van der Waals surface area (Å²) in [6.07, 6.45) is 1.36. The maximum Gasteiger partial charge on any atom is 0.303 e. The summed E-state index contributed by atoms with van der Waals surface area (Å²) in [6, 6.07) is 0. The van der Waals surface area contributed by atoms with Crippen LogP contribution in [0.15, 0.2) is 0 Å². The lowest BCUT2D eigenvalue weighted by atomic mass is 10.3. The summed E-state index contributed by atoms with van der Waals surface area (Å²) in [4.78, 5) is 20.5. The summed E-state index contributed by atoms with van der Waals surface area (Å²) >= 11 is 0. The first kappa shape index (κ1) is 8.14. The molecule has 9 heavy (non-hydrogen) atoms. The third-order valence-corrected chi connectivity index (χ3v) is 0.740. The first-order valence-corrected chi connectivity index (χ1v) is 2.62. The highest BCUT2D eigenvalue weighted by Gasteiger charge is 1.99. The molecule has 0 unspecified atom stereocenters. The van der Waals surface area contributed by atoms with Crippen molar-refractivity contribution in [3.05, 3.63) is 6.42 Å². The van der Waals surface area contributed by atoms with Gasteiger partial charge in [0.2, 0.25) is 0 Å². The number of Topliss-reactive ketones (excluding diaryl/α,β-unsaturated/α-hetero) is 1. The molecule has 0 heterocycles. The van der Waals surface area contributed by atoms with Crippen molar-refractivity contribution in [3.63, 3.8) is 0 Å². The van der Waals surface area contributed by atoms with E-state index in [-0.39, 0.29) is 12.4 Å². The Balaban J connectivity index is 3.28. The average Bonchev–Trinajstić information content (AvgIpc) is 1.83. The molecule has 0 amide bonds. The van der Waals surface area contributed by atoms with Gasteiger partial charge in [0.05, 0.1) is 0 Å². The van der Waals surface area contributed by atoms with Crippen molar-refractivity contribution in [1.29, 1.82) is 0 Å². The Bertz CT molecular complexity index is 117. The van der Waals surface area contributed by atoms with Gasteiger partial charge in [0.1, 0.15) is 6.61 Å². The zero-order chi connectivity index (χ0) is 7.28. The molecule has 0 aromatic carbocycles. The maximum atomic E-state index is 10.4. The average molecular weight is 129 g/mol. The number of esters is 1. The van der Waals surface area contributed by atoms with E-state index in [1.807, 2.05) is 0 Å². The molecule has 3 heteroatoms. The zero-order valence-corrected chi connectivity index (χ0v) is 5.51. The Kier molecular flexibility index (Phi) is 3.67. The number of hydrogen-bond acceptors (Lipinski definition) is 3. The van der Waals surface area contributed by atoms with Gasteiger partial charge < -0.3 is 4.74 Å². The Morgan fingerprint density at radius 1 is 1.56 bits per heavy atom. The molecule has 0 N–H and O–H groups in total. The van der Waals surface area contributed by atoms with E-state index in [0.29, 0.717) is 0 Å². The quantitative estimate of drug-likeness (QED) is 0.516. The molecule has 0 rings (SSSR count). The van der Waals surface area contributed by atoms with E-state index in [1.165, 1.54) is 13.3 Å². The number of rotatable bonds is 3. The van der Waals surface area contributed by atoms with Gasteiger partial charge in [-0.1, -0.05) is 6.92 Å². The number of ether oxygens (including phenoxy) is 1. The second-order valence-electron chi connectivity index (χ2n) is 1.54. The van der Waals surface area contributed by atoms with Crippen molar-refractivity contribution in [2.45, 2.75) is 13.8 Å². The molecule has 1 radical (unpaired) electrons. The topological polar surface area (TPSA) is 43.4 Å². The van der Waals surface area contributed by atoms with Crippen LogP contribution in [-0.2, 0) is 14.3 Å². The molecule has 0 aromatic rings. The minimum atomic E-state index is -0.426. The zero-order valence-electron chi connectivity index (χ0n) is 5.51. The fraction of sp³-hybridized carbons (Fsp3) is 0.500. The van der Waals surface area contributed by atoms with Crippen molar-refractivity contribution in [1.82, 2.24) is 0 Å². The Morgan fingerprint density at radius 2 is 2.11 bits per heavy atom. The molecular formula is C6H9O3. The van der Waals surface area contributed by atoms with Crippen LogP contribution in [-0.4, -0.2) is 18.4 Å². The molecule has 0 aliphatic rings. The van der Waals surface area contributed by atoms with E-state index in [9.17, 15) is 9.59 Å². The summed E-state index contributed by atoms with van der Waals surface area (Å²) in [6.45, 7) is 2.74. The number of hydrogen-bond donors (Lipinski definition) is 0. The van der Waals surface area contributed by atoms with Crippen LogP contribution in [0.25, 0.3) is 0 Å². The van der Waals surface area contributed by atoms with Crippen molar-refractivity contribution in [3.8, 4) is 0 Å². The molecule has 0 aromatic heterocycles. The van der Waals surface area contributed by atoms with Gasteiger partial charge in [-0.2, -0.15) is 0 Å². The third kappa shape index (κ3) is 5.00. The van der Waals surface area contributed by atoms with Gasteiger partial charge in [-0.15, -0.1) is 0 Å². The molecule has 0 atom stereocenters. The molecule has 0 fully saturated rings. The largest absolute Gasteiger partial charge is 0.458 e. The van der Waals surface area contributed by atoms with E-state index >= 15 is 0 Å². The molecule has 0 aliphatic carbocycles. The summed E-state index contributed by atoms with van der Waals surface area (Å²) in [5.41, 5.74) is 0. The van der Waals surface area contributed by atoms with Gasteiger partial charge in [0.25, 0.3) is 0 Å². The summed E-state index contributed by atoms with van der Waals surface area (Å²) < 4.78 is 4.37. The van der Waals surface area contributed by atoms with Crippen LogP contribution in [0.5, 0.6) is 0 Å². The monoisotopic (exact) mass is 129 g/mol. The lowest BCUT2D eigenvalue weighted by Crippen LogP contribution is -2.10. The van der Waals surface area contributed by atoms with Crippen molar-refractivity contribution in [2.75, 3.05) is 6.61 Å². The lowest BCUT2D eigenvalue weighted by Gasteiger charge is -1.95. The van der Waals surface area contributed by atoms with Crippen molar-refractivity contribution in [2.24, 2.45) is 0 Å². The molecular weight excluding hydrogens is 120 g/mol. The van der Waals surface area contributed by atoms with Gasteiger partial charge >= 0.3 is 5.97 Å². The number of carbonyl (C=O) groups excluding carboxylic acids is 2. The lowest BCUT2D eigenvalue weighted by molar-refractivity contribution is -0.144. The second-order valence-corrected chi connectivity index (χ2v) is 1.54. The highest BCUT2D eigenvalue weighted by molar-refractivity contribution is 5.88. The van der Waals surface area contributed by atoms with Crippen LogP contribution in [0.4, 0.5) is 0 Å². The number of carbonyl (C=O) groups is 2. The van der Waals surface area contributed by atoms with E-state index in [1.54, 1.807) is 6.92 Å². The van der Waals surface area contributed by atoms with Gasteiger partial charge in [0, 0.05) is 13.3 Å². The fourth-order valence-electron chi connectivity index (χ4n) is 0.256. The molecule has 0 bridgehead atoms. The van der Waals surface area contributed by atoms with Crippen LogP contribution in [0.1, 0.15) is 13.8 Å². The van der Waals surface area contributed by atoms with Gasteiger partial charge in [-0.3, -0.25) is 9.59 Å². The van der Waals surface area contributed by atoms with Crippen LogP contribution in [0.2, 0.25) is 0 Å². The SMILES string of the molecule is C[CH]C(=O)COC(C)=O. The standard InChI is InChI=1S/C6H9O3/c1-3-6(8)4-9-5(2)7/h3H,4H2,1-2H3. The van der Waals surface area contributed by atoms with Crippen LogP contribution in [0.3, 0.4) is 0 Å². The summed E-state index contributed by atoms with van der Waals surface area (Å²) in [5, 5.41) is 0. The van der Waals surface area contributed by atoms with Crippen LogP contribution < -0.4 is 0 Å². The normalized spacial score (nSPS) is 8.67. The first-order chi connectivity index (χ1) is 4.16. The highest BCUT2D eigenvalue weighted by Crippen LogP contribution is 1.81. The van der Waals surface area contributed by atoms with Crippen molar-refractivity contribution < 1.29 is 14.3 Å². The molecule has 51 valence electrons. The number of ketones is 1. The summed E-state index contributed by atoms with van der Waals surface area (Å²) in [7, 11) is 0. The minimum Gasteiger partial charge on any atom is -0.458 e. The predicted octanol–water partition coefficient (Wildman–Crippen LogP) is 0.343. The van der Waals surface area contributed by atoms with E-state index in [4.69, 9.17) is 0 Å². The second kappa shape index (κ2) is 4.06. The Labute approximate surface area is 54.0 Å². The summed E-state index contributed by atoms with van der Waals surface area (Å²) in [5.74, 6) is -0.601. The fourth-order valence-corrected chi connectivity index (χ4v) is 0.256. The Morgan fingerprint density at radius 3 is 2.44 bits per heavy atom. The van der Waals surface area contributed by atoms with Gasteiger partial charge in [0.15, 0.2) is 5.78 Å². The highest BCUT2D eigenvalue weighted by atomic mass is 16.5. The van der Waals surface area contributed by atoms with E-state index in [0.717, 1.165) is 0 Å². The molecule has 0 saturated carbocycles. The minimum absolute atomic E-state index is 0.133. The van der Waals surface area contributed by atoms with E-state index < -0.39 is 5.97 Å². The van der Waals surface area contributed by atoms with Gasteiger partial charge in [-0.25, -0.2) is 0 Å². The molecule has 0 aliphatic heterocycles. The van der Waals surface area contributed by atoms with Crippen LogP contribution in [0, 0.1) is 6.42 Å². The molecule has 0 spiro atoms. The first-order valence-electron chi connectivity index (χ1n) is 2.62. The Hall–Kier alpha value is -0.860. The van der Waals surface area contributed by atoms with Gasteiger partial charge in [-0.05, 0) is 0 Å². The third-order valence-electron chi connectivity index (χ3n) is 0.740. The maximum absolute atomic E-state index is 10.4. The van der Waals surface area contributed by atoms with E-state index in [2.05, 4.69) is 4.74 Å². The van der Waals surface area contributed by atoms with Crippen molar-refractivity contribution >= 4 is 11.8 Å². The smallest absolute Gasteiger partial charge is 0.303 e. The van der Waals surface area contributed by atoms with Crippen LogP contribution >= 0.6 is 0 Å². The predicted molar refractivity (Wildman–Crippen MR) is 31.6 cm³/mol. The molecule has 3 nitrogen and oxygen atoms in total. The molecule has 0 saturated heterocycles.